The number of carbonyl (C=O) groups excluding carboxylic acids is 3. The zero-order valence-electron chi connectivity index (χ0n) is 15.6. The molecule has 0 radical (unpaired) electrons. The molecule has 5 aliphatic rings. The monoisotopic (exact) mass is 384 g/mol. The number of carbonyl (C=O) groups is 3. The van der Waals surface area contributed by atoms with Crippen LogP contribution in [0.25, 0.3) is 0 Å². The standard InChI is InChI=1S/C20H24N4O4/c21-10-20-8-19(9-20,11-28-20)22-6-12-2-1-3-13-14(12)7-24(18(13)27)15-4-5-16(25)23-17(15)26/h1-3,15,22H,4-11,21H2,(H,23,25,26). The van der Waals surface area contributed by atoms with E-state index in [1.165, 1.54) is 0 Å². The van der Waals surface area contributed by atoms with E-state index in [2.05, 4.69) is 10.6 Å². The zero-order chi connectivity index (χ0) is 19.5. The second-order valence-corrected chi connectivity index (χ2v) is 8.51. The first-order valence-electron chi connectivity index (χ1n) is 9.79. The molecule has 1 saturated carbocycles. The van der Waals surface area contributed by atoms with E-state index in [0.717, 1.165) is 24.0 Å². The molecule has 4 aliphatic heterocycles. The number of amides is 3. The van der Waals surface area contributed by atoms with Crippen molar-refractivity contribution < 1.29 is 19.1 Å². The predicted octanol–water partition coefficient (Wildman–Crippen LogP) is -0.202. The van der Waals surface area contributed by atoms with Gasteiger partial charge in [0.1, 0.15) is 6.04 Å². The first-order valence-corrected chi connectivity index (χ1v) is 9.79. The summed E-state index contributed by atoms with van der Waals surface area (Å²) in [5, 5.41) is 5.96. The van der Waals surface area contributed by atoms with Crippen LogP contribution >= 0.6 is 0 Å². The maximum absolute atomic E-state index is 12.9. The van der Waals surface area contributed by atoms with E-state index >= 15 is 0 Å². The Balaban J connectivity index is 1.31. The van der Waals surface area contributed by atoms with Crippen molar-refractivity contribution in [2.45, 2.75) is 56.0 Å². The molecular weight excluding hydrogens is 360 g/mol. The average Bonchev–Trinajstić information content (AvgIpc) is 3.31. The van der Waals surface area contributed by atoms with Gasteiger partial charge in [-0.25, -0.2) is 0 Å². The maximum Gasteiger partial charge on any atom is 0.255 e. The van der Waals surface area contributed by atoms with Crippen molar-refractivity contribution in [1.82, 2.24) is 15.5 Å². The van der Waals surface area contributed by atoms with Gasteiger partial charge in [-0.15, -0.1) is 0 Å². The summed E-state index contributed by atoms with van der Waals surface area (Å²) in [5.41, 5.74) is 8.32. The summed E-state index contributed by atoms with van der Waals surface area (Å²) in [6.07, 6.45) is 2.48. The molecule has 8 heteroatoms. The van der Waals surface area contributed by atoms with Gasteiger partial charge < -0.3 is 20.7 Å². The molecule has 28 heavy (non-hydrogen) atoms. The summed E-state index contributed by atoms with van der Waals surface area (Å²) < 4.78 is 5.86. The number of nitrogens with zero attached hydrogens (tertiary/aromatic N) is 1. The Bertz CT molecular complexity index is 877. The van der Waals surface area contributed by atoms with Crippen molar-refractivity contribution in [3.8, 4) is 0 Å². The molecule has 1 aliphatic carbocycles. The van der Waals surface area contributed by atoms with Crippen LogP contribution in [0.3, 0.4) is 0 Å². The summed E-state index contributed by atoms with van der Waals surface area (Å²) in [4.78, 5) is 38.1. The second kappa shape index (κ2) is 6.10. The van der Waals surface area contributed by atoms with Gasteiger partial charge in [-0.3, -0.25) is 19.7 Å². The molecule has 0 aromatic heterocycles. The van der Waals surface area contributed by atoms with Gasteiger partial charge >= 0.3 is 0 Å². The van der Waals surface area contributed by atoms with Crippen molar-refractivity contribution in [1.29, 1.82) is 0 Å². The molecule has 3 saturated heterocycles. The van der Waals surface area contributed by atoms with E-state index in [4.69, 9.17) is 10.5 Å². The predicted molar refractivity (Wildman–Crippen MR) is 99.0 cm³/mol. The van der Waals surface area contributed by atoms with Crippen LogP contribution in [0.4, 0.5) is 0 Å². The van der Waals surface area contributed by atoms with E-state index in [1.54, 1.807) is 4.90 Å². The molecule has 8 nitrogen and oxygen atoms in total. The summed E-state index contributed by atoms with van der Waals surface area (Å²) in [6.45, 7) is 2.26. The number of benzene rings is 1. The highest BCUT2D eigenvalue weighted by atomic mass is 16.5. The largest absolute Gasteiger partial charge is 0.372 e. The third-order valence-electron chi connectivity index (χ3n) is 6.68. The SMILES string of the molecule is NCC12CC(NCc3cccc4c3CN(C3CCC(=O)NC3=O)C4=O)(CO1)C2. The zero-order valence-corrected chi connectivity index (χ0v) is 15.6. The van der Waals surface area contributed by atoms with Gasteiger partial charge in [0.15, 0.2) is 0 Å². The summed E-state index contributed by atoms with van der Waals surface area (Å²) in [7, 11) is 0. The fraction of sp³-hybridized carbons (Fsp3) is 0.550. The molecule has 1 aromatic carbocycles. The molecule has 2 bridgehead atoms. The highest BCUT2D eigenvalue weighted by molar-refractivity contribution is 6.05. The van der Waals surface area contributed by atoms with Crippen molar-refractivity contribution in [2.24, 2.45) is 5.73 Å². The molecular formula is C20H24N4O4. The minimum Gasteiger partial charge on any atom is -0.372 e. The van der Waals surface area contributed by atoms with Crippen molar-refractivity contribution in [3.05, 3.63) is 34.9 Å². The van der Waals surface area contributed by atoms with Gasteiger partial charge in [-0.1, -0.05) is 12.1 Å². The lowest BCUT2D eigenvalue weighted by atomic mass is 9.68. The number of hydrogen-bond donors (Lipinski definition) is 3. The molecule has 1 unspecified atom stereocenters. The summed E-state index contributed by atoms with van der Waals surface area (Å²) in [5.74, 6) is -0.798. The lowest BCUT2D eigenvalue weighted by Crippen LogP contribution is -2.60. The summed E-state index contributed by atoms with van der Waals surface area (Å²) >= 11 is 0. The van der Waals surface area contributed by atoms with Crippen LogP contribution in [-0.4, -0.2) is 53.0 Å². The Morgan fingerprint density at radius 1 is 1.29 bits per heavy atom. The molecule has 4 heterocycles. The van der Waals surface area contributed by atoms with E-state index in [0.29, 0.717) is 38.2 Å². The minimum absolute atomic E-state index is 0.0198. The number of piperidine rings is 1. The number of ether oxygens (including phenoxy) is 1. The number of imide groups is 1. The van der Waals surface area contributed by atoms with Gasteiger partial charge in [0.25, 0.3) is 5.91 Å². The molecule has 0 spiro atoms. The average molecular weight is 384 g/mol. The highest BCUT2D eigenvalue weighted by Gasteiger charge is 2.61. The van der Waals surface area contributed by atoms with Gasteiger partial charge in [0.05, 0.1) is 12.2 Å². The Labute approximate surface area is 162 Å². The molecule has 1 aromatic rings. The maximum atomic E-state index is 12.9. The van der Waals surface area contributed by atoms with Crippen molar-refractivity contribution in [3.63, 3.8) is 0 Å². The normalized spacial score (nSPS) is 33.7. The number of fused-ring (bicyclic) bond motifs is 2. The molecule has 4 N–H and O–H groups in total. The van der Waals surface area contributed by atoms with Crippen LogP contribution in [0.15, 0.2) is 18.2 Å². The topological polar surface area (TPSA) is 114 Å². The Morgan fingerprint density at radius 3 is 2.82 bits per heavy atom. The van der Waals surface area contributed by atoms with Gasteiger partial charge in [0, 0.05) is 37.2 Å². The number of nitrogens with two attached hydrogens (primary N) is 1. The van der Waals surface area contributed by atoms with Crippen LogP contribution in [0.2, 0.25) is 0 Å². The fourth-order valence-electron chi connectivity index (χ4n) is 5.15. The van der Waals surface area contributed by atoms with Gasteiger partial charge in [-0.05, 0) is 36.5 Å². The number of hydrogen-bond acceptors (Lipinski definition) is 6. The van der Waals surface area contributed by atoms with Crippen LogP contribution in [0, 0.1) is 0 Å². The van der Waals surface area contributed by atoms with Crippen LogP contribution in [-0.2, 0) is 27.4 Å². The van der Waals surface area contributed by atoms with Gasteiger partial charge in [0.2, 0.25) is 11.8 Å². The van der Waals surface area contributed by atoms with E-state index in [1.807, 2.05) is 18.2 Å². The fourth-order valence-corrected chi connectivity index (χ4v) is 5.15. The van der Waals surface area contributed by atoms with Crippen LogP contribution in [0.5, 0.6) is 0 Å². The molecule has 148 valence electrons. The van der Waals surface area contributed by atoms with E-state index in [-0.39, 0.29) is 35.3 Å². The lowest BCUT2D eigenvalue weighted by Gasteiger charge is -2.44. The third-order valence-corrected chi connectivity index (χ3v) is 6.68. The minimum atomic E-state index is -0.586. The first-order chi connectivity index (χ1) is 13.4. The second-order valence-electron chi connectivity index (χ2n) is 8.51. The third kappa shape index (κ3) is 2.59. The highest BCUT2D eigenvalue weighted by Crippen LogP contribution is 2.51. The molecule has 3 amide bonds. The van der Waals surface area contributed by atoms with Crippen LogP contribution in [0.1, 0.15) is 47.2 Å². The molecule has 6 rings (SSSR count). The Hall–Kier alpha value is -2.29. The lowest BCUT2D eigenvalue weighted by molar-refractivity contribution is -0.136. The number of nitrogens with one attached hydrogen (secondary N) is 2. The first kappa shape index (κ1) is 17.8. The van der Waals surface area contributed by atoms with Crippen molar-refractivity contribution in [2.75, 3.05) is 13.2 Å². The van der Waals surface area contributed by atoms with Crippen LogP contribution < -0.4 is 16.4 Å². The van der Waals surface area contributed by atoms with Crippen molar-refractivity contribution >= 4 is 17.7 Å². The Kier molecular flexibility index (Phi) is 3.88. The van der Waals surface area contributed by atoms with E-state index < -0.39 is 6.04 Å². The smallest absolute Gasteiger partial charge is 0.255 e. The molecule has 1 atom stereocenters. The summed E-state index contributed by atoms with van der Waals surface area (Å²) in [6, 6.07) is 5.13. The molecule has 4 fully saturated rings. The number of rotatable bonds is 5. The van der Waals surface area contributed by atoms with E-state index in [9.17, 15) is 14.4 Å². The quantitative estimate of drug-likeness (QED) is 0.606. The van der Waals surface area contributed by atoms with Gasteiger partial charge in [-0.2, -0.15) is 0 Å². The Morgan fingerprint density at radius 2 is 2.11 bits per heavy atom.